The predicted molar refractivity (Wildman–Crippen MR) is 109 cm³/mol. The molecular formula is C22H17F3N4O3. The van der Waals surface area contributed by atoms with E-state index in [-0.39, 0.29) is 42.0 Å². The van der Waals surface area contributed by atoms with Gasteiger partial charge in [-0.1, -0.05) is 23.4 Å². The summed E-state index contributed by atoms with van der Waals surface area (Å²) in [6.45, 7) is 1.75. The normalized spacial score (nSPS) is 11.1. The molecular weight excluding hydrogens is 425 g/mol. The van der Waals surface area contributed by atoms with Crippen LogP contribution in [0.15, 0.2) is 53.6 Å². The third kappa shape index (κ3) is 4.11. The fourth-order valence-electron chi connectivity index (χ4n) is 3.33. The van der Waals surface area contributed by atoms with Crippen LogP contribution in [0.2, 0.25) is 0 Å². The summed E-state index contributed by atoms with van der Waals surface area (Å²) in [5.74, 6) is -3.61. The first-order chi connectivity index (χ1) is 15.4. The van der Waals surface area contributed by atoms with Crippen molar-refractivity contribution in [2.45, 2.75) is 20.0 Å². The molecule has 7 nitrogen and oxygen atoms in total. The van der Waals surface area contributed by atoms with Crippen LogP contribution in [-0.4, -0.2) is 32.1 Å². The number of rotatable bonds is 6. The fraction of sp³-hybridized carbons (Fsp3) is 0.182. The zero-order chi connectivity index (χ0) is 22.8. The monoisotopic (exact) mass is 442 g/mol. The minimum Gasteiger partial charge on any atom is -0.462 e. The van der Waals surface area contributed by atoms with Gasteiger partial charge in [-0.15, -0.1) is 5.10 Å². The standard InChI is InChI=1S/C22H17F3N4O3/c1-2-32-22(31)16-12-28(20-8-19(25)18(24)7-15(20)21(16)30)10-14-11-29(27-26-14)9-13-5-3-4-6-17(13)23/h3-8,11-12H,2,9-10H2,1H3. The van der Waals surface area contributed by atoms with Crippen molar-refractivity contribution in [3.63, 3.8) is 0 Å². The van der Waals surface area contributed by atoms with Gasteiger partial charge in [0, 0.05) is 23.2 Å². The second kappa shape index (κ2) is 8.66. The first-order valence-corrected chi connectivity index (χ1v) is 9.69. The quantitative estimate of drug-likeness (QED) is 0.428. The number of halogens is 3. The van der Waals surface area contributed by atoms with Crippen LogP contribution in [0.5, 0.6) is 0 Å². The molecule has 2 heterocycles. The van der Waals surface area contributed by atoms with Crippen molar-refractivity contribution in [2.75, 3.05) is 6.61 Å². The van der Waals surface area contributed by atoms with Crippen LogP contribution >= 0.6 is 0 Å². The van der Waals surface area contributed by atoms with Crippen LogP contribution < -0.4 is 5.43 Å². The summed E-state index contributed by atoms with van der Waals surface area (Å²) >= 11 is 0. The van der Waals surface area contributed by atoms with E-state index in [1.54, 1.807) is 31.3 Å². The Morgan fingerprint density at radius 2 is 1.78 bits per heavy atom. The summed E-state index contributed by atoms with van der Waals surface area (Å²) in [4.78, 5) is 24.9. The highest BCUT2D eigenvalue weighted by Crippen LogP contribution is 2.19. The predicted octanol–water partition coefficient (Wildman–Crippen LogP) is 3.28. The molecule has 0 unspecified atom stereocenters. The average Bonchev–Trinajstić information content (AvgIpc) is 3.20. The van der Waals surface area contributed by atoms with E-state index in [2.05, 4.69) is 10.3 Å². The Morgan fingerprint density at radius 1 is 1.03 bits per heavy atom. The number of ether oxygens (including phenoxy) is 1. The van der Waals surface area contributed by atoms with Gasteiger partial charge in [-0.2, -0.15) is 0 Å². The van der Waals surface area contributed by atoms with Gasteiger partial charge >= 0.3 is 5.97 Å². The van der Waals surface area contributed by atoms with Gasteiger partial charge < -0.3 is 9.30 Å². The number of nitrogens with zero attached hydrogens (tertiary/aromatic N) is 4. The van der Waals surface area contributed by atoms with Crippen molar-refractivity contribution < 1.29 is 22.7 Å². The Kier molecular flexibility index (Phi) is 5.76. The molecule has 0 radical (unpaired) electrons. The van der Waals surface area contributed by atoms with E-state index in [1.807, 2.05) is 0 Å². The number of aromatic nitrogens is 4. The van der Waals surface area contributed by atoms with Crippen LogP contribution in [0.1, 0.15) is 28.5 Å². The zero-order valence-electron chi connectivity index (χ0n) is 16.9. The molecule has 0 amide bonds. The lowest BCUT2D eigenvalue weighted by molar-refractivity contribution is 0.0524. The van der Waals surface area contributed by atoms with E-state index >= 15 is 0 Å². The number of benzene rings is 2. The van der Waals surface area contributed by atoms with Gasteiger partial charge in [0.2, 0.25) is 5.43 Å². The van der Waals surface area contributed by atoms with Crippen molar-refractivity contribution in [1.82, 2.24) is 19.6 Å². The third-order valence-electron chi connectivity index (χ3n) is 4.83. The summed E-state index contributed by atoms with van der Waals surface area (Å²) in [6, 6.07) is 7.87. The van der Waals surface area contributed by atoms with Gasteiger partial charge in [0.25, 0.3) is 0 Å². The van der Waals surface area contributed by atoms with Crippen LogP contribution in [0.25, 0.3) is 10.9 Å². The molecule has 0 aliphatic rings. The number of hydrogen-bond acceptors (Lipinski definition) is 5. The Morgan fingerprint density at radius 3 is 2.53 bits per heavy atom. The maximum atomic E-state index is 13.9. The minimum atomic E-state index is -1.21. The Labute approximate surface area is 179 Å². The molecule has 0 saturated carbocycles. The molecule has 0 spiro atoms. The molecule has 0 N–H and O–H groups in total. The van der Waals surface area contributed by atoms with Crippen LogP contribution in [0.4, 0.5) is 13.2 Å². The molecule has 10 heteroatoms. The lowest BCUT2D eigenvalue weighted by Crippen LogP contribution is -2.21. The van der Waals surface area contributed by atoms with Crippen molar-refractivity contribution in [1.29, 1.82) is 0 Å². The van der Waals surface area contributed by atoms with E-state index in [0.717, 1.165) is 12.1 Å². The summed E-state index contributed by atoms with van der Waals surface area (Å²) in [6.07, 6.45) is 2.77. The van der Waals surface area contributed by atoms with Gasteiger partial charge in [0.05, 0.1) is 31.4 Å². The Hall–Kier alpha value is -3.95. The van der Waals surface area contributed by atoms with Gasteiger partial charge in [-0.3, -0.25) is 4.79 Å². The maximum Gasteiger partial charge on any atom is 0.343 e. The molecule has 164 valence electrons. The highest BCUT2D eigenvalue weighted by Gasteiger charge is 2.19. The minimum absolute atomic E-state index is 0.00840. The molecule has 0 fully saturated rings. The van der Waals surface area contributed by atoms with Crippen molar-refractivity contribution in [2.24, 2.45) is 0 Å². The second-order valence-corrected chi connectivity index (χ2v) is 7.00. The van der Waals surface area contributed by atoms with Crippen LogP contribution in [0, 0.1) is 17.5 Å². The topological polar surface area (TPSA) is 79.0 Å². The number of pyridine rings is 1. The van der Waals surface area contributed by atoms with Crippen LogP contribution in [0.3, 0.4) is 0 Å². The molecule has 4 aromatic rings. The molecule has 0 atom stereocenters. The number of esters is 1. The SMILES string of the molecule is CCOC(=O)c1cn(Cc2cn(Cc3ccccc3F)nn2)c2cc(F)c(F)cc2c1=O. The molecule has 0 bridgehead atoms. The lowest BCUT2D eigenvalue weighted by atomic mass is 10.1. The summed E-state index contributed by atoms with van der Waals surface area (Å²) < 4.78 is 49.3. The van der Waals surface area contributed by atoms with E-state index in [0.29, 0.717) is 11.3 Å². The van der Waals surface area contributed by atoms with E-state index in [9.17, 15) is 22.8 Å². The summed E-state index contributed by atoms with van der Waals surface area (Å²) in [5, 5.41) is 7.82. The van der Waals surface area contributed by atoms with Gasteiger partial charge in [0.15, 0.2) is 11.6 Å². The lowest BCUT2D eigenvalue weighted by Gasteiger charge is -2.12. The summed E-state index contributed by atoms with van der Waals surface area (Å²) in [5.41, 5.74) is -0.197. The molecule has 2 aromatic heterocycles. The van der Waals surface area contributed by atoms with Gasteiger partial charge in [-0.25, -0.2) is 22.6 Å². The number of fused-ring (bicyclic) bond motifs is 1. The maximum absolute atomic E-state index is 13.9. The van der Waals surface area contributed by atoms with Crippen molar-refractivity contribution in [3.8, 4) is 0 Å². The average molecular weight is 442 g/mol. The largest absolute Gasteiger partial charge is 0.462 e. The first-order valence-electron chi connectivity index (χ1n) is 9.69. The molecule has 0 aliphatic carbocycles. The third-order valence-corrected chi connectivity index (χ3v) is 4.83. The fourth-order valence-corrected chi connectivity index (χ4v) is 3.33. The number of hydrogen-bond donors (Lipinski definition) is 0. The molecule has 2 aromatic carbocycles. The van der Waals surface area contributed by atoms with E-state index < -0.39 is 23.0 Å². The number of carbonyl (C=O) groups excluding carboxylic acids is 1. The van der Waals surface area contributed by atoms with Crippen molar-refractivity contribution >= 4 is 16.9 Å². The Balaban J connectivity index is 1.74. The molecule has 0 aliphatic heterocycles. The Bertz CT molecular complexity index is 1380. The van der Waals surface area contributed by atoms with Crippen molar-refractivity contribution in [3.05, 3.63) is 93.3 Å². The first kappa shape index (κ1) is 21.3. The highest BCUT2D eigenvalue weighted by atomic mass is 19.2. The van der Waals surface area contributed by atoms with Gasteiger partial charge in [-0.05, 0) is 19.1 Å². The second-order valence-electron chi connectivity index (χ2n) is 7.00. The van der Waals surface area contributed by atoms with Gasteiger partial charge in [0.1, 0.15) is 17.1 Å². The highest BCUT2D eigenvalue weighted by molar-refractivity contribution is 5.93. The van der Waals surface area contributed by atoms with Crippen LogP contribution in [-0.2, 0) is 17.8 Å². The van der Waals surface area contributed by atoms with E-state index in [4.69, 9.17) is 4.74 Å². The molecule has 32 heavy (non-hydrogen) atoms. The smallest absolute Gasteiger partial charge is 0.343 e. The molecule has 4 rings (SSSR count). The van der Waals surface area contributed by atoms with E-state index in [1.165, 1.54) is 21.5 Å². The summed E-state index contributed by atoms with van der Waals surface area (Å²) in [7, 11) is 0. The number of carbonyl (C=O) groups is 1. The zero-order valence-corrected chi connectivity index (χ0v) is 16.9. The molecule has 0 saturated heterocycles.